The fraction of sp³-hybridized carbons (Fsp3) is 0.500. The summed E-state index contributed by atoms with van der Waals surface area (Å²) in [5.74, 6) is 6.33. The van der Waals surface area contributed by atoms with Gasteiger partial charge < -0.3 is 9.47 Å². The Morgan fingerprint density at radius 1 is 1.31 bits per heavy atom. The van der Waals surface area contributed by atoms with Crippen molar-refractivity contribution in [1.82, 2.24) is 5.43 Å². The molecule has 0 heterocycles. The van der Waals surface area contributed by atoms with Crippen LogP contribution in [-0.2, 0) is 11.2 Å². The highest BCUT2D eigenvalue weighted by atomic mass is 16.5. The predicted molar refractivity (Wildman–Crippen MR) is 64.3 cm³/mol. The summed E-state index contributed by atoms with van der Waals surface area (Å²) in [5.41, 5.74) is 3.97. The predicted octanol–water partition coefficient (Wildman–Crippen LogP) is 1.11. The van der Waals surface area contributed by atoms with Crippen LogP contribution in [0.5, 0.6) is 5.75 Å². The first-order valence-electron chi connectivity index (χ1n) is 5.47. The van der Waals surface area contributed by atoms with Crippen LogP contribution in [0.1, 0.15) is 12.5 Å². The van der Waals surface area contributed by atoms with E-state index in [1.165, 1.54) is 5.56 Å². The Morgan fingerprint density at radius 2 is 2.00 bits per heavy atom. The van der Waals surface area contributed by atoms with Gasteiger partial charge in [-0.15, -0.1) is 0 Å². The molecule has 1 atom stereocenters. The van der Waals surface area contributed by atoms with E-state index in [0.717, 1.165) is 12.2 Å². The van der Waals surface area contributed by atoms with Gasteiger partial charge >= 0.3 is 0 Å². The number of hydrogen-bond acceptors (Lipinski definition) is 4. The van der Waals surface area contributed by atoms with E-state index in [4.69, 9.17) is 15.3 Å². The molecule has 16 heavy (non-hydrogen) atoms. The first kappa shape index (κ1) is 13.0. The van der Waals surface area contributed by atoms with Crippen molar-refractivity contribution in [3.05, 3.63) is 29.8 Å². The van der Waals surface area contributed by atoms with Crippen LogP contribution in [-0.4, -0.2) is 26.4 Å². The molecule has 0 amide bonds. The van der Waals surface area contributed by atoms with E-state index in [1.54, 1.807) is 7.11 Å². The van der Waals surface area contributed by atoms with Crippen molar-refractivity contribution >= 4 is 0 Å². The highest BCUT2D eigenvalue weighted by Gasteiger charge is 2.07. The lowest BCUT2D eigenvalue weighted by molar-refractivity contribution is 0.123. The zero-order valence-corrected chi connectivity index (χ0v) is 9.90. The van der Waals surface area contributed by atoms with Crippen LogP contribution in [0.4, 0.5) is 0 Å². The minimum Gasteiger partial charge on any atom is -0.497 e. The summed E-state index contributed by atoms with van der Waals surface area (Å²) >= 11 is 0. The van der Waals surface area contributed by atoms with E-state index in [2.05, 4.69) is 5.43 Å². The Hall–Kier alpha value is -1.10. The summed E-state index contributed by atoms with van der Waals surface area (Å²) in [6.07, 6.45) is 0.848. The van der Waals surface area contributed by atoms with E-state index >= 15 is 0 Å². The quantitative estimate of drug-likeness (QED) is 0.538. The maximum Gasteiger partial charge on any atom is 0.118 e. The van der Waals surface area contributed by atoms with Crippen molar-refractivity contribution in [1.29, 1.82) is 0 Å². The summed E-state index contributed by atoms with van der Waals surface area (Å²) in [6, 6.07) is 8.12. The minimum atomic E-state index is 0.147. The number of hydrogen-bond donors (Lipinski definition) is 2. The molecule has 1 aromatic carbocycles. The molecule has 1 unspecified atom stereocenters. The highest BCUT2D eigenvalue weighted by molar-refractivity contribution is 5.27. The molecule has 0 aliphatic heterocycles. The number of nitrogens with two attached hydrogens (primary N) is 1. The lowest BCUT2D eigenvalue weighted by Crippen LogP contribution is -2.40. The zero-order chi connectivity index (χ0) is 11.8. The van der Waals surface area contributed by atoms with Gasteiger partial charge in [0, 0.05) is 12.6 Å². The molecule has 0 aliphatic rings. The molecule has 3 N–H and O–H groups in total. The number of methoxy groups -OCH3 is 1. The fourth-order valence-electron chi connectivity index (χ4n) is 1.47. The molecule has 0 spiro atoms. The van der Waals surface area contributed by atoms with Gasteiger partial charge in [-0.05, 0) is 31.0 Å². The van der Waals surface area contributed by atoms with Gasteiger partial charge in [-0.3, -0.25) is 11.3 Å². The molecule has 4 heteroatoms. The third kappa shape index (κ3) is 4.18. The molecule has 0 aliphatic carbocycles. The third-order valence-corrected chi connectivity index (χ3v) is 2.40. The second kappa shape index (κ2) is 7.22. The van der Waals surface area contributed by atoms with Crippen LogP contribution in [0.3, 0.4) is 0 Å². The third-order valence-electron chi connectivity index (χ3n) is 2.40. The Labute approximate surface area is 96.7 Å². The molecule has 0 radical (unpaired) electrons. The first-order chi connectivity index (χ1) is 7.80. The SMILES string of the molecule is CCOCC(Cc1ccc(OC)cc1)NN. The largest absolute Gasteiger partial charge is 0.497 e. The van der Waals surface area contributed by atoms with Crippen molar-refractivity contribution in [2.45, 2.75) is 19.4 Å². The molecule has 1 rings (SSSR count). The Bertz CT molecular complexity index is 288. The van der Waals surface area contributed by atoms with E-state index in [0.29, 0.717) is 13.2 Å². The molecular formula is C12H20N2O2. The molecule has 90 valence electrons. The van der Waals surface area contributed by atoms with Crippen molar-refractivity contribution in [3.63, 3.8) is 0 Å². The van der Waals surface area contributed by atoms with Gasteiger partial charge in [-0.2, -0.15) is 0 Å². The van der Waals surface area contributed by atoms with Crippen LogP contribution in [0.25, 0.3) is 0 Å². The highest BCUT2D eigenvalue weighted by Crippen LogP contribution is 2.12. The first-order valence-corrected chi connectivity index (χ1v) is 5.47. The van der Waals surface area contributed by atoms with Gasteiger partial charge in [0.2, 0.25) is 0 Å². The standard InChI is InChI=1S/C12H20N2O2/c1-3-16-9-11(14-13)8-10-4-6-12(15-2)7-5-10/h4-7,11,14H,3,8-9,13H2,1-2H3. The molecule has 0 saturated heterocycles. The van der Waals surface area contributed by atoms with E-state index in [-0.39, 0.29) is 6.04 Å². The Kier molecular flexibility index (Phi) is 5.85. The minimum absolute atomic E-state index is 0.147. The van der Waals surface area contributed by atoms with Gasteiger partial charge in [0.1, 0.15) is 5.75 Å². The second-order valence-electron chi connectivity index (χ2n) is 3.58. The lowest BCUT2D eigenvalue weighted by Gasteiger charge is -2.15. The van der Waals surface area contributed by atoms with Gasteiger partial charge in [0.25, 0.3) is 0 Å². The van der Waals surface area contributed by atoms with Gasteiger partial charge in [-0.1, -0.05) is 12.1 Å². The van der Waals surface area contributed by atoms with Crippen molar-refractivity contribution in [2.24, 2.45) is 5.84 Å². The van der Waals surface area contributed by atoms with Crippen molar-refractivity contribution in [3.8, 4) is 5.75 Å². The zero-order valence-electron chi connectivity index (χ0n) is 9.90. The number of benzene rings is 1. The van der Waals surface area contributed by atoms with Gasteiger partial charge in [0.05, 0.1) is 13.7 Å². The summed E-state index contributed by atoms with van der Waals surface area (Å²) in [4.78, 5) is 0. The number of nitrogens with one attached hydrogen (secondary N) is 1. The molecule has 1 aromatic rings. The van der Waals surface area contributed by atoms with Crippen LogP contribution in [0.15, 0.2) is 24.3 Å². The molecule has 0 fully saturated rings. The summed E-state index contributed by atoms with van der Waals surface area (Å²) in [7, 11) is 1.66. The average molecular weight is 224 g/mol. The summed E-state index contributed by atoms with van der Waals surface area (Å²) < 4.78 is 10.4. The summed E-state index contributed by atoms with van der Waals surface area (Å²) in [6.45, 7) is 3.31. The maximum absolute atomic E-state index is 5.46. The van der Waals surface area contributed by atoms with Gasteiger partial charge in [-0.25, -0.2) is 0 Å². The monoisotopic (exact) mass is 224 g/mol. The number of rotatable bonds is 7. The fourth-order valence-corrected chi connectivity index (χ4v) is 1.47. The maximum atomic E-state index is 5.46. The lowest BCUT2D eigenvalue weighted by atomic mass is 10.1. The molecule has 0 saturated carbocycles. The Balaban J connectivity index is 2.49. The van der Waals surface area contributed by atoms with E-state index in [1.807, 2.05) is 31.2 Å². The molecular weight excluding hydrogens is 204 g/mol. The number of ether oxygens (including phenoxy) is 2. The van der Waals surface area contributed by atoms with Crippen LogP contribution >= 0.6 is 0 Å². The topological polar surface area (TPSA) is 56.5 Å². The van der Waals surface area contributed by atoms with Crippen molar-refractivity contribution < 1.29 is 9.47 Å². The van der Waals surface area contributed by atoms with Crippen LogP contribution in [0, 0.1) is 0 Å². The van der Waals surface area contributed by atoms with Gasteiger partial charge in [0.15, 0.2) is 0 Å². The molecule has 4 nitrogen and oxygen atoms in total. The van der Waals surface area contributed by atoms with Crippen LogP contribution < -0.4 is 16.0 Å². The normalized spacial score (nSPS) is 12.4. The van der Waals surface area contributed by atoms with E-state index in [9.17, 15) is 0 Å². The number of hydrazine groups is 1. The molecule has 0 bridgehead atoms. The Morgan fingerprint density at radius 3 is 2.50 bits per heavy atom. The van der Waals surface area contributed by atoms with E-state index < -0.39 is 0 Å². The average Bonchev–Trinajstić information content (AvgIpc) is 2.35. The molecule has 0 aromatic heterocycles. The second-order valence-corrected chi connectivity index (χ2v) is 3.58. The van der Waals surface area contributed by atoms with Crippen LogP contribution in [0.2, 0.25) is 0 Å². The van der Waals surface area contributed by atoms with Crippen molar-refractivity contribution in [2.75, 3.05) is 20.3 Å². The summed E-state index contributed by atoms with van der Waals surface area (Å²) in [5, 5.41) is 0. The smallest absolute Gasteiger partial charge is 0.118 e.